The topological polar surface area (TPSA) is 41.8 Å². The highest BCUT2D eigenvalue weighted by Crippen LogP contribution is 2.63. The summed E-state index contributed by atoms with van der Waals surface area (Å²) in [5.74, 6) is 0.631. The Morgan fingerprint density at radius 2 is 2.19 bits per heavy atom. The quantitative estimate of drug-likeness (QED) is 0.730. The van der Waals surface area contributed by atoms with E-state index in [0.29, 0.717) is 5.41 Å². The zero-order valence-electron chi connectivity index (χ0n) is 10.6. The van der Waals surface area contributed by atoms with Crippen LogP contribution < -0.4 is 0 Å². The molecule has 90 valence electrons. The van der Waals surface area contributed by atoms with Crippen molar-refractivity contribution in [1.82, 2.24) is 0 Å². The second kappa shape index (κ2) is 3.51. The molecule has 0 radical (unpaired) electrons. The van der Waals surface area contributed by atoms with E-state index in [0.717, 1.165) is 12.3 Å². The van der Waals surface area contributed by atoms with Crippen molar-refractivity contribution < 1.29 is 9.84 Å². The van der Waals surface area contributed by atoms with Crippen LogP contribution in [0.15, 0.2) is 17.1 Å². The molecule has 0 aromatic carbocycles. The Bertz CT molecular complexity index is 357. The molecule has 2 aliphatic rings. The lowest BCUT2D eigenvalue weighted by Gasteiger charge is -2.34. The Morgan fingerprint density at radius 1 is 1.50 bits per heavy atom. The van der Waals surface area contributed by atoms with E-state index in [4.69, 9.17) is 0 Å². The fourth-order valence-corrected chi connectivity index (χ4v) is 3.31. The lowest BCUT2D eigenvalue weighted by Crippen LogP contribution is -2.32. The van der Waals surface area contributed by atoms with E-state index < -0.39 is 0 Å². The highest BCUT2D eigenvalue weighted by Gasteiger charge is 2.59. The molecule has 0 saturated heterocycles. The van der Waals surface area contributed by atoms with Gasteiger partial charge in [-0.3, -0.25) is 4.99 Å². The standard InChI is InChI=1S/C13H21NO2/c1-12(2)9-5-6-13(12,3)10(7-9)14-8-11(15)16-4/h8-9,15H,5-7H2,1-4H3/b11-8+,14-10?. The molecule has 1 N–H and O–H groups in total. The Hall–Kier alpha value is -0.990. The predicted molar refractivity (Wildman–Crippen MR) is 64.4 cm³/mol. The summed E-state index contributed by atoms with van der Waals surface area (Å²) in [6, 6.07) is 0. The van der Waals surface area contributed by atoms with Crippen LogP contribution in [0.4, 0.5) is 0 Å². The van der Waals surface area contributed by atoms with E-state index >= 15 is 0 Å². The van der Waals surface area contributed by atoms with Crippen molar-refractivity contribution in [3.63, 3.8) is 0 Å². The lowest BCUT2D eigenvalue weighted by atomic mass is 9.70. The van der Waals surface area contributed by atoms with E-state index in [2.05, 4.69) is 30.5 Å². The smallest absolute Gasteiger partial charge is 0.295 e. The number of hydrogen-bond acceptors (Lipinski definition) is 3. The minimum atomic E-state index is -0.114. The first-order valence-electron chi connectivity index (χ1n) is 5.92. The molecule has 0 amide bonds. The number of nitrogens with zero attached hydrogens (tertiary/aromatic N) is 1. The first-order chi connectivity index (χ1) is 7.41. The third-order valence-electron chi connectivity index (χ3n) is 5.05. The monoisotopic (exact) mass is 223 g/mol. The third-order valence-corrected chi connectivity index (χ3v) is 5.05. The Kier molecular flexibility index (Phi) is 2.52. The molecular formula is C13H21NO2. The van der Waals surface area contributed by atoms with Crippen LogP contribution in [0, 0.1) is 16.7 Å². The Balaban J connectivity index is 2.28. The van der Waals surface area contributed by atoms with Crippen LogP contribution >= 0.6 is 0 Å². The molecule has 2 fully saturated rings. The van der Waals surface area contributed by atoms with Gasteiger partial charge in [0.1, 0.15) is 6.20 Å². The minimum absolute atomic E-state index is 0.114. The number of hydrogen-bond donors (Lipinski definition) is 1. The van der Waals surface area contributed by atoms with Gasteiger partial charge >= 0.3 is 0 Å². The molecule has 0 aliphatic heterocycles. The molecule has 0 spiro atoms. The third kappa shape index (κ3) is 1.37. The number of methoxy groups -OCH3 is 1. The van der Waals surface area contributed by atoms with Gasteiger partial charge in [-0.25, -0.2) is 0 Å². The second-order valence-corrected chi connectivity index (χ2v) is 5.74. The summed E-state index contributed by atoms with van der Waals surface area (Å²) in [7, 11) is 1.44. The van der Waals surface area contributed by atoms with Crippen LogP contribution in [0.2, 0.25) is 0 Å². The largest absolute Gasteiger partial charge is 0.480 e. The molecule has 0 heterocycles. The minimum Gasteiger partial charge on any atom is -0.480 e. The maximum atomic E-state index is 9.23. The predicted octanol–water partition coefficient (Wildman–Crippen LogP) is 3.28. The van der Waals surface area contributed by atoms with Crippen molar-refractivity contribution in [1.29, 1.82) is 0 Å². The van der Waals surface area contributed by atoms with Gasteiger partial charge in [-0.05, 0) is 30.6 Å². The number of ether oxygens (including phenoxy) is 1. The normalized spacial score (nSPS) is 39.4. The zero-order chi connectivity index (χ0) is 12.0. The first-order valence-corrected chi connectivity index (χ1v) is 5.92. The number of aliphatic imine (C=N–C) groups is 1. The number of aliphatic hydroxyl groups excluding tert-OH is 1. The van der Waals surface area contributed by atoms with E-state index in [-0.39, 0.29) is 11.4 Å². The molecule has 2 saturated carbocycles. The van der Waals surface area contributed by atoms with E-state index in [1.165, 1.54) is 31.9 Å². The van der Waals surface area contributed by atoms with E-state index in [9.17, 15) is 5.11 Å². The summed E-state index contributed by atoms with van der Waals surface area (Å²) >= 11 is 0. The number of aliphatic hydroxyl groups is 1. The van der Waals surface area contributed by atoms with Crippen LogP contribution in [0.1, 0.15) is 40.0 Å². The fourth-order valence-electron chi connectivity index (χ4n) is 3.31. The SMILES string of the molecule is CO/C(O)=C/N=C1CC2CCC1(C)C2(C)C. The molecule has 3 nitrogen and oxygen atoms in total. The molecule has 2 bridgehead atoms. The van der Waals surface area contributed by atoms with Crippen molar-refractivity contribution in [2.75, 3.05) is 7.11 Å². The molecule has 2 atom stereocenters. The van der Waals surface area contributed by atoms with Crippen LogP contribution in [-0.4, -0.2) is 17.9 Å². The number of fused-ring (bicyclic) bond motifs is 2. The lowest BCUT2D eigenvalue weighted by molar-refractivity contribution is 0.135. The van der Waals surface area contributed by atoms with Gasteiger partial charge in [0.25, 0.3) is 5.95 Å². The first kappa shape index (κ1) is 11.5. The summed E-state index contributed by atoms with van der Waals surface area (Å²) in [5, 5.41) is 9.23. The van der Waals surface area contributed by atoms with Crippen molar-refractivity contribution in [2.45, 2.75) is 40.0 Å². The average molecular weight is 223 g/mol. The highest BCUT2D eigenvalue weighted by atomic mass is 16.6. The molecule has 0 aromatic rings. The second-order valence-electron chi connectivity index (χ2n) is 5.74. The summed E-state index contributed by atoms with van der Waals surface area (Å²) in [4.78, 5) is 4.42. The number of rotatable bonds is 2. The van der Waals surface area contributed by atoms with Gasteiger partial charge in [0.15, 0.2) is 0 Å². The molecule has 0 aromatic heterocycles. The average Bonchev–Trinajstić information content (AvgIpc) is 2.58. The van der Waals surface area contributed by atoms with Crippen LogP contribution in [0.3, 0.4) is 0 Å². The summed E-state index contributed by atoms with van der Waals surface area (Å²) in [6.07, 6.45) is 5.02. The van der Waals surface area contributed by atoms with Gasteiger partial charge in [0.2, 0.25) is 0 Å². The summed E-state index contributed by atoms with van der Waals surface area (Å²) in [5.41, 5.74) is 1.75. The van der Waals surface area contributed by atoms with Crippen LogP contribution in [-0.2, 0) is 4.74 Å². The van der Waals surface area contributed by atoms with Gasteiger partial charge in [0.05, 0.1) is 7.11 Å². The van der Waals surface area contributed by atoms with Crippen molar-refractivity contribution in [3.05, 3.63) is 12.1 Å². The molecule has 16 heavy (non-hydrogen) atoms. The highest BCUT2D eigenvalue weighted by molar-refractivity contribution is 5.94. The van der Waals surface area contributed by atoms with Crippen molar-refractivity contribution in [2.24, 2.45) is 21.7 Å². The van der Waals surface area contributed by atoms with E-state index in [1.807, 2.05) is 0 Å². The van der Waals surface area contributed by atoms with Gasteiger partial charge in [-0.1, -0.05) is 20.8 Å². The van der Waals surface area contributed by atoms with Gasteiger partial charge in [-0.2, -0.15) is 0 Å². The molecule has 2 unspecified atom stereocenters. The Morgan fingerprint density at radius 3 is 2.62 bits per heavy atom. The molecule has 2 rings (SSSR count). The summed E-state index contributed by atoms with van der Waals surface area (Å²) in [6.45, 7) is 6.98. The maximum absolute atomic E-state index is 9.23. The fraction of sp³-hybridized carbons (Fsp3) is 0.769. The van der Waals surface area contributed by atoms with Gasteiger partial charge in [0, 0.05) is 11.1 Å². The van der Waals surface area contributed by atoms with E-state index in [1.54, 1.807) is 0 Å². The van der Waals surface area contributed by atoms with Crippen LogP contribution in [0.25, 0.3) is 0 Å². The van der Waals surface area contributed by atoms with Crippen molar-refractivity contribution in [3.8, 4) is 0 Å². The molecule has 3 heteroatoms. The van der Waals surface area contributed by atoms with Gasteiger partial charge < -0.3 is 9.84 Å². The Labute approximate surface area is 97.2 Å². The van der Waals surface area contributed by atoms with Crippen molar-refractivity contribution >= 4 is 5.71 Å². The van der Waals surface area contributed by atoms with Gasteiger partial charge in [-0.15, -0.1) is 0 Å². The molecular weight excluding hydrogens is 202 g/mol. The molecule has 2 aliphatic carbocycles. The summed E-state index contributed by atoms with van der Waals surface area (Å²) < 4.78 is 4.68. The maximum Gasteiger partial charge on any atom is 0.295 e. The zero-order valence-corrected chi connectivity index (χ0v) is 10.6. The van der Waals surface area contributed by atoms with Crippen LogP contribution in [0.5, 0.6) is 0 Å².